The van der Waals surface area contributed by atoms with Crippen LogP contribution in [0, 0.1) is 0 Å². The Morgan fingerprint density at radius 1 is 1.50 bits per heavy atom. The molecule has 0 aliphatic heterocycles. The summed E-state index contributed by atoms with van der Waals surface area (Å²) in [6.45, 7) is 3.85. The van der Waals surface area contributed by atoms with Crippen LogP contribution in [0.5, 0.6) is 0 Å². The Morgan fingerprint density at radius 2 is 2.12 bits per heavy atom. The van der Waals surface area contributed by atoms with E-state index in [0.717, 1.165) is 10.5 Å². The van der Waals surface area contributed by atoms with Gasteiger partial charge in [-0.05, 0) is 30.0 Å². The van der Waals surface area contributed by atoms with Gasteiger partial charge in [-0.2, -0.15) is 0 Å². The van der Waals surface area contributed by atoms with Gasteiger partial charge >= 0.3 is 5.97 Å². The summed E-state index contributed by atoms with van der Waals surface area (Å²) in [6.07, 6.45) is 2.07. The second-order valence-electron chi connectivity index (χ2n) is 4.30. The van der Waals surface area contributed by atoms with Gasteiger partial charge in [0.15, 0.2) is 0 Å². The molecule has 0 saturated carbocycles. The molecule has 0 atom stereocenters. The van der Waals surface area contributed by atoms with Crippen molar-refractivity contribution in [3.63, 3.8) is 0 Å². The lowest BCUT2D eigenvalue weighted by Crippen LogP contribution is -2.22. The number of hydrogen-bond donors (Lipinski definition) is 1. The molecule has 0 fully saturated rings. The van der Waals surface area contributed by atoms with Gasteiger partial charge < -0.3 is 5.11 Å². The molecule has 0 radical (unpaired) electrons. The number of carbonyl (C=O) groups is 1. The molecule has 1 N–H and O–H groups in total. The van der Waals surface area contributed by atoms with Gasteiger partial charge in [-0.1, -0.05) is 25.4 Å². The molecule has 2 nitrogen and oxygen atoms in total. The molecule has 0 saturated heterocycles. The van der Waals surface area contributed by atoms with Crippen LogP contribution in [0.2, 0.25) is 5.02 Å². The monoisotopic (exact) mass is 258 g/mol. The summed E-state index contributed by atoms with van der Waals surface area (Å²) in [5, 5.41) is 9.55. The SMILES string of the molecule is CSc1ccc(Cl)cc1C(C)(C)CC(=O)O. The fraction of sp³-hybridized carbons (Fsp3) is 0.417. The van der Waals surface area contributed by atoms with Crippen LogP contribution in [0.4, 0.5) is 0 Å². The second-order valence-corrected chi connectivity index (χ2v) is 5.58. The van der Waals surface area contributed by atoms with Gasteiger partial charge in [0, 0.05) is 15.3 Å². The molecule has 0 aliphatic carbocycles. The predicted molar refractivity (Wildman–Crippen MR) is 68.5 cm³/mol. The minimum absolute atomic E-state index is 0.0981. The molecule has 1 aromatic rings. The number of thioether (sulfide) groups is 1. The van der Waals surface area contributed by atoms with Crippen molar-refractivity contribution in [2.24, 2.45) is 0 Å². The number of aliphatic carboxylic acids is 1. The van der Waals surface area contributed by atoms with Crippen LogP contribution in [0.15, 0.2) is 23.1 Å². The number of benzene rings is 1. The molecule has 4 heteroatoms. The Balaban J connectivity index is 3.18. The standard InChI is InChI=1S/C12H15ClO2S/c1-12(2,7-11(14)15)9-6-8(13)4-5-10(9)16-3/h4-6H,7H2,1-3H3,(H,14,15). The van der Waals surface area contributed by atoms with Gasteiger partial charge in [-0.25, -0.2) is 0 Å². The van der Waals surface area contributed by atoms with Crippen LogP contribution in [-0.2, 0) is 10.2 Å². The maximum atomic E-state index is 10.8. The largest absolute Gasteiger partial charge is 0.481 e. The first kappa shape index (κ1) is 13.4. The molecule has 0 amide bonds. The topological polar surface area (TPSA) is 37.3 Å². The van der Waals surface area contributed by atoms with E-state index >= 15 is 0 Å². The molecule has 0 aromatic heterocycles. The summed E-state index contributed by atoms with van der Waals surface area (Å²) >= 11 is 7.57. The summed E-state index contributed by atoms with van der Waals surface area (Å²) in [5.41, 5.74) is 0.588. The maximum Gasteiger partial charge on any atom is 0.304 e. The third-order valence-electron chi connectivity index (χ3n) is 2.48. The number of carboxylic acid groups (broad SMARTS) is 1. The molecule has 16 heavy (non-hydrogen) atoms. The van der Waals surface area contributed by atoms with E-state index < -0.39 is 11.4 Å². The lowest BCUT2D eigenvalue weighted by molar-refractivity contribution is -0.138. The van der Waals surface area contributed by atoms with E-state index in [1.54, 1.807) is 11.8 Å². The molecule has 0 unspecified atom stereocenters. The van der Waals surface area contributed by atoms with Crippen molar-refractivity contribution in [2.75, 3.05) is 6.26 Å². The van der Waals surface area contributed by atoms with Crippen molar-refractivity contribution in [1.29, 1.82) is 0 Å². The van der Waals surface area contributed by atoms with E-state index in [1.807, 2.05) is 38.3 Å². The highest BCUT2D eigenvalue weighted by atomic mass is 35.5. The van der Waals surface area contributed by atoms with Gasteiger partial charge in [0.2, 0.25) is 0 Å². The quantitative estimate of drug-likeness (QED) is 0.835. The van der Waals surface area contributed by atoms with E-state index in [1.165, 1.54) is 0 Å². The van der Waals surface area contributed by atoms with Crippen molar-refractivity contribution in [3.8, 4) is 0 Å². The smallest absolute Gasteiger partial charge is 0.304 e. The van der Waals surface area contributed by atoms with Crippen LogP contribution in [0.3, 0.4) is 0 Å². The molecular formula is C12H15ClO2S. The van der Waals surface area contributed by atoms with Gasteiger partial charge in [-0.3, -0.25) is 4.79 Å². The Bertz CT molecular complexity index is 402. The zero-order chi connectivity index (χ0) is 12.3. The lowest BCUT2D eigenvalue weighted by Gasteiger charge is -2.25. The number of rotatable bonds is 4. The average Bonchev–Trinajstić information content (AvgIpc) is 2.15. The summed E-state index contributed by atoms with van der Waals surface area (Å²) in [5.74, 6) is -0.794. The number of halogens is 1. The minimum atomic E-state index is -0.794. The Labute approximate surface area is 105 Å². The fourth-order valence-corrected chi connectivity index (χ4v) is 2.61. The fourth-order valence-electron chi connectivity index (χ4n) is 1.68. The highest BCUT2D eigenvalue weighted by molar-refractivity contribution is 7.98. The van der Waals surface area contributed by atoms with Gasteiger partial charge in [-0.15, -0.1) is 11.8 Å². The van der Waals surface area contributed by atoms with E-state index in [0.29, 0.717) is 5.02 Å². The van der Waals surface area contributed by atoms with Gasteiger partial charge in [0.1, 0.15) is 0 Å². The minimum Gasteiger partial charge on any atom is -0.481 e. The third kappa shape index (κ3) is 3.16. The first-order valence-electron chi connectivity index (χ1n) is 4.92. The van der Waals surface area contributed by atoms with Gasteiger partial charge in [0.25, 0.3) is 0 Å². The van der Waals surface area contributed by atoms with Crippen LogP contribution < -0.4 is 0 Å². The Kier molecular flexibility index (Phi) is 4.28. The Morgan fingerprint density at radius 3 is 2.62 bits per heavy atom. The van der Waals surface area contributed by atoms with Crippen molar-refractivity contribution < 1.29 is 9.90 Å². The maximum absolute atomic E-state index is 10.8. The molecule has 0 heterocycles. The van der Waals surface area contributed by atoms with Crippen molar-refractivity contribution >= 4 is 29.3 Å². The molecule has 88 valence electrons. The summed E-state index contributed by atoms with van der Waals surface area (Å²) in [7, 11) is 0. The van der Waals surface area contributed by atoms with Crippen LogP contribution in [0.1, 0.15) is 25.8 Å². The van der Waals surface area contributed by atoms with Crippen molar-refractivity contribution in [2.45, 2.75) is 30.6 Å². The first-order valence-corrected chi connectivity index (χ1v) is 6.53. The number of hydrogen-bond acceptors (Lipinski definition) is 2. The number of carboxylic acids is 1. The zero-order valence-electron chi connectivity index (χ0n) is 9.58. The first-order chi connectivity index (χ1) is 7.36. The van der Waals surface area contributed by atoms with E-state index in [4.69, 9.17) is 16.7 Å². The predicted octanol–water partition coefficient (Wildman–Crippen LogP) is 3.81. The van der Waals surface area contributed by atoms with Crippen LogP contribution in [-0.4, -0.2) is 17.3 Å². The van der Waals surface area contributed by atoms with E-state index in [-0.39, 0.29) is 6.42 Å². The highest BCUT2D eigenvalue weighted by Gasteiger charge is 2.26. The zero-order valence-corrected chi connectivity index (χ0v) is 11.2. The molecule has 0 bridgehead atoms. The van der Waals surface area contributed by atoms with Gasteiger partial charge in [0.05, 0.1) is 6.42 Å². The molecule has 1 rings (SSSR count). The molecule has 0 spiro atoms. The van der Waals surface area contributed by atoms with Crippen LogP contribution in [0.25, 0.3) is 0 Å². The third-order valence-corrected chi connectivity index (χ3v) is 3.51. The summed E-state index contributed by atoms with van der Waals surface area (Å²) < 4.78 is 0. The van der Waals surface area contributed by atoms with Crippen LogP contribution >= 0.6 is 23.4 Å². The lowest BCUT2D eigenvalue weighted by atomic mass is 9.81. The van der Waals surface area contributed by atoms with Crippen molar-refractivity contribution in [3.05, 3.63) is 28.8 Å². The summed E-state index contributed by atoms with van der Waals surface area (Å²) in [4.78, 5) is 11.9. The molecule has 0 aliphatic rings. The van der Waals surface area contributed by atoms with E-state index in [2.05, 4.69) is 0 Å². The second kappa shape index (κ2) is 5.11. The van der Waals surface area contributed by atoms with Crippen molar-refractivity contribution in [1.82, 2.24) is 0 Å². The Hall–Kier alpha value is -0.670. The average molecular weight is 259 g/mol. The highest BCUT2D eigenvalue weighted by Crippen LogP contribution is 2.35. The van der Waals surface area contributed by atoms with E-state index in [9.17, 15) is 4.79 Å². The summed E-state index contributed by atoms with van der Waals surface area (Å²) in [6, 6.07) is 5.62. The molecule has 1 aromatic carbocycles. The molecular weight excluding hydrogens is 244 g/mol. The normalized spacial score (nSPS) is 11.5.